The fraction of sp³-hybridized carbons (Fsp3) is 0.545. The molecule has 1 rings (SSSR count). The van der Waals surface area contributed by atoms with Gasteiger partial charge in [0.1, 0.15) is 0 Å². The van der Waals surface area contributed by atoms with E-state index < -0.39 is 18.0 Å². The average molecular weight is 292 g/mol. The van der Waals surface area contributed by atoms with Gasteiger partial charge in [0.25, 0.3) is 5.91 Å². The van der Waals surface area contributed by atoms with Crippen molar-refractivity contribution in [2.75, 3.05) is 20.1 Å². The van der Waals surface area contributed by atoms with Crippen LogP contribution in [0.4, 0.5) is 13.2 Å². The Morgan fingerprint density at radius 1 is 1.45 bits per heavy atom. The maximum absolute atomic E-state index is 11.9. The minimum Gasteiger partial charge on any atom is -0.347 e. The molecule has 2 amide bonds. The standard InChI is InChI=1S/C11H15F3N4O2/c1-7-6-8(16-18(7)3)9(19)17(2)5-4-15-10(20)11(12,13)14/h6H,4-5H2,1-3H3,(H,15,20). The number of carbonyl (C=O) groups excluding carboxylic acids is 2. The zero-order chi connectivity index (χ0) is 15.5. The first-order valence-electron chi connectivity index (χ1n) is 5.74. The van der Waals surface area contributed by atoms with E-state index in [1.807, 2.05) is 0 Å². The highest BCUT2D eigenvalue weighted by Gasteiger charge is 2.38. The quantitative estimate of drug-likeness (QED) is 0.877. The molecule has 1 aromatic heterocycles. The van der Waals surface area contributed by atoms with E-state index in [2.05, 4.69) is 5.10 Å². The Morgan fingerprint density at radius 3 is 2.50 bits per heavy atom. The van der Waals surface area contributed by atoms with Crippen LogP contribution in [0.2, 0.25) is 0 Å². The third-order valence-electron chi connectivity index (χ3n) is 2.67. The average Bonchev–Trinajstić information content (AvgIpc) is 2.67. The maximum atomic E-state index is 11.9. The second-order valence-corrected chi connectivity index (χ2v) is 4.27. The second kappa shape index (κ2) is 5.93. The Kier molecular flexibility index (Phi) is 4.74. The maximum Gasteiger partial charge on any atom is 0.471 e. The molecule has 1 N–H and O–H groups in total. The van der Waals surface area contributed by atoms with Crippen molar-refractivity contribution < 1.29 is 22.8 Å². The van der Waals surface area contributed by atoms with Crippen LogP contribution in [-0.4, -0.2) is 52.8 Å². The smallest absolute Gasteiger partial charge is 0.347 e. The Morgan fingerprint density at radius 2 is 2.05 bits per heavy atom. The summed E-state index contributed by atoms with van der Waals surface area (Å²) in [6, 6.07) is 1.58. The summed E-state index contributed by atoms with van der Waals surface area (Å²) in [5, 5.41) is 5.66. The van der Waals surface area contributed by atoms with Crippen LogP contribution < -0.4 is 5.32 Å². The van der Waals surface area contributed by atoms with Crippen molar-refractivity contribution in [2.45, 2.75) is 13.1 Å². The number of rotatable bonds is 4. The highest BCUT2D eigenvalue weighted by molar-refractivity contribution is 5.92. The summed E-state index contributed by atoms with van der Waals surface area (Å²) >= 11 is 0. The molecule has 0 bridgehead atoms. The molecule has 0 unspecified atom stereocenters. The molecular weight excluding hydrogens is 277 g/mol. The number of aromatic nitrogens is 2. The van der Waals surface area contributed by atoms with E-state index in [4.69, 9.17) is 0 Å². The minimum atomic E-state index is -4.92. The predicted molar refractivity (Wildman–Crippen MR) is 64.0 cm³/mol. The summed E-state index contributed by atoms with van der Waals surface area (Å²) in [6.45, 7) is 1.44. The number of carbonyl (C=O) groups is 2. The Labute approximate surface area is 113 Å². The molecule has 0 saturated heterocycles. The highest BCUT2D eigenvalue weighted by Crippen LogP contribution is 2.13. The van der Waals surface area contributed by atoms with Gasteiger partial charge in [-0.05, 0) is 13.0 Å². The van der Waals surface area contributed by atoms with Gasteiger partial charge in [-0.2, -0.15) is 18.3 Å². The van der Waals surface area contributed by atoms with E-state index in [0.717, 1.165) is 5.69 Å². The molecule has 0 atom stereocenters. The van der Waals surface area contributed by atoms with E-state index in [1.165, 1.54) is 16.6 Å². The van der Waals surface area contributed by atoms with Crippen molar-refractivity contribution in [3.05, 3.63) is 17.5 Å². The molecule has 0 spiro atoms. The number of alkyl halides is 3. The van der Waals surface area contributed by atoms with Gasteiger partial charge < -0.3 is 10.2 Å². The van der Waals surface area contributed by atoms with Crippen LogP contribution in [0.25, 0.3) is 0 Å². The van der Waals surface area contributed by atoms with Gasteiger partial charge in [0.05, 0.1) is 0 Å². The SMILES string of the molecule is Cc1cc(C(=O)N(C)CCNC(=O)C(F)(F)F)nn1C. The number of nitrogens with one attached hydrogen (secondary N) is 1. The van der Waals surface area contributed by atoms with E-state index in [1.54, 1.807) is 25.4 Å². The zero-order valence-corrected chi connectivity index (χ0v) is 11.3. The van der Waals surface area contributed by atoms with Gasteiger partial charge in [0.2, 0.25) is 0 Å². The number of nitrogens with zero attached hydrogens (tertiary/aromatic N) is 3. The van der Waals surface area contributed by atoms with E-state index >= 15 is 0 Å². The molecule has 0 aromatic carbocycles. The minimum absolute atomic E-state index is 0.0454. The molecule has 0 fully saturated rings. The summed E-state index contributed by atoms with van der Waals surface area (Å²) in [5.74, 6) is -2.44. The number of likely N-dealkylation sites (N-methyl/N-ethyl adjacent to an activating group) is 1. The molecule has 6 nitrogen and oxygen atoms in total. The largest absolute Gasteiger partial charge is 0.471 e. The van der Waals surface area contributed by atoms with Crippen LogP contribution in [0.3, 0.4) is 0 Å². The summed E-state index contributed by atoms with van der Waals surface area (Å²) in [7, 11) is 3.10. The fourth-order valence-corrected chi connectivity index (χ4v) is 1.40. The molecule has 0 saturated carbocycles. The van der Waals surface area contributed by atoms with Gasteiger partial charge in [0, 0.05) is 32.9 Å². The lowest BCUT2D eigenvalue weighted by molar-refractivity contribution is -0.173. The van der Waals surface area contributed by atoms with Crippen molar-refractivity contribution in [1.82, 2.24) is 20.0 Å². The monoisotopic (exact) mass is 292 g/mol. The van der Waals surface area contributed by atoms with Gasteiger partial charge in [-0.15, -0.1) is 0 Å². The number of hydrogen-bond donors (Lipinski definition) is 1. The molecule has 0 aliphatic carbocycles. The number of hydrogen-bond acceptors (Lipinski definition) is 3. The van der Waals surface area contributed by atoms with Crippen LogP contribution in [0, 0.1) is 6.92 Å². The molecular formula is C11H15F3N4O2. The second-order valence-electron chi connectivity index (χ2n) is 4.27. The summed E-state index contributed by atoms with van der Waals surface area (Å²) in [6.07, 6.45) is -4.92. The molecule has 0 aliphatic rings. The number of halogens is 3. The van der Waals surface area contributed by atoms with Crippen LogP contribution in [0.5, 0.6) is 0 Å². The molecule has 9 heteroatoms. The Hall–Kier alpha value is -2.06. The van der Waals surface area contributed by atoms with Crippen molar-refractivity contribution >= 4 is 11.8 Å². The first kappa shape index (κ1) is 16.0. The molecule has 0 aliphatic heterocycles. The van der Waals surface area contributed by atoms with Gasteiger partial charge in [-0.1, -0.05) is 0 Å². The summed E-state index contributed by atoms with van der Waals surface area (Å²) in [5.41, 5.74) is 0.988. The Bertz CT molecular complexity index is 491. The first-order chi connectivity index (χ1) is 9.12. The summed E-state index contributed by atoms with van der Waals surface area (Å²) < 4.78 is 37.3. The van der Waals surface area contributed by atoms with E-state index in [-0.39, 0.29) is 18.8 Å². The Balaban J connectivity index is 2.49. The van der Waals surface area contributed by atoms with Crippen LogP contribution in [0.1, 0.15) is 16.2 Å². The topological polar surface area (TPSA) is 67.2 Å². The van der Waals surface area contributed by atoms with Crippen molar-refractivity contribution in [2.24, 2.45) is 7.05 Å². The van der Waals surface area contributed by atoms with Gasteiger partial charge >= 0.3 is 12.1 Å². The van der Waals surface area contributed by atoms with Crippen molar-refractivity contribution in [3.8, 4) is 0 Å². The van der Waals surface area contributed by atoms with Crippen molar-refractivity contribution in [3.63, 3.8) is 0 Å². The number of amides is 2. The third kappa shape index (κ3) is 3.97. The molecule has 1 heterocycles. The molecule has 20 heavy (non-hydrogen) atoms. The van der Waals surface area contributed by atoms with Gasteiger partial charge in [-0.25, -0.2) is 0 Å². The van der Waals surface area contributed by atoms with Crippen LogP contribution >= 0.6 is 0 Å². The normalized spacial score (nSPS) is 11.3. The molecule has 112 valence electrons. The lowest BCUT2D eigenvalue weighted by Gasteiger charge is -2.16. The third-order valence-corrected chi connectivity index (χ3v) is 2.67. The first-order valence-corrected chi connectivity index (χ1v) is 5.74. The van der Waals surface area contributed by atoms with E-state index in [9.17, 15) is 22.8 Å². The molecule has 1 aromatic rings. The zero-order valence-electron chi connectivity index (χ0n) is 11.3. The van der Waals surface area contributed by atoms with Gasteiger partial charge in [0.15, 0.2) is 5.69 Å². The molecule has 0 radical (unpaired) electrons. The van der Waals surface area contributed by atoms with Crippen molar-refractivity contribution in [1.29, 1.82) is 0 Å². The van der Waals surface area contributed by atoms with Crippen LogP contribution in [-0.2, 0) is 11.8 Å². The number of aryl methyl sites for hydroxylation is 2. The fourth-order valence-electron chi connectivity index (χ4n) is 1.40. The predicted octanol–water partition coefficient (Wildman–Crippen LogP) is 0.479. The van der Waals surface area contributed by atoms with Crippen LogP contribution in [0.15, 0.2) is 6.07 Å². The lowest BCUT2D eigenvalue weighted by atomic mass is 10.3. The summed E-state index contributed by atoms with van der Waals surface area (Å²) in [4.78, 5) is 23.7. The lowest BCUT2D eigenvalue weighted by Crippen LogP contribution is -2.41. The van der Waals surface area contributed by atoms with E-state index in [0.29, 0.717) is 0 Å². The highest BCUT2D eigenvalue weighted by atomic mass is 19.4. The van der Waals surface area contributed by atoms with Gasteiger partial charge in [-0.3, -0.25) is 14.3 Å².